The number of rotatable bonds is 10. The molecule has 4 rings (SSSR count). The minimum Gasteiger partial charge on any atom is -0.479 e. The smallest absolute Gasteiger partial charge is 0.352 e. The Morgan fingerprint density at radius 3 is 2.74 bits per heavy atom. The standard InChI is InChI=1S/C21H21FN6O8S2/c22-2-4-27-3-1-9(17(27)32)5-10-7-37-19-14(18(33)28(19)15(10)20(34)35)25-16(31)13(26-36-6-12(29)30)11-8-38-21(23)24-11/h5,8,14,19H,1-4,6-7H2,(H2,23,24)(H,25,31)(H,29,30)(H,34,35)/b9-5+,26-13-/t14-,19-/m1/s1. The lowest BCUT2D eigenvalue weighted by molar-refractivity contribution is -0.150. The molecule has 3 aliphatic rings. The van der Waals surface area contributed by atoms with E-state index in [0.29, 0.717) is 18.5 Å². The van der Waals surface area contributed by atoms with Crippen LogP contribution in [0.2, 0.25) is 0 Å². The third-order valence-corrected chi connectivity index (χ3v) is 7.70. The maximum absolute atomic E-state index is 13.0. The Hall–Kier alpha value is -3.99. The molecule has 17 heteroatoms. The van der Waals surface area contributed by atoms with Crippen LogP contribution in [-0.4, -0.2) is 104 Å². The average molecular weight is 569 g/mol. The molecule has 14 nitrogen and oxygen atoms in total. The number of carbonyl (C=O) groups is 5. The molecule has 38 heavy (non-hydrogen) atoms. The van der Waals surface area contributed by atoms with Gasteiger partial charge in [0.15, 0.2) is 10.8 Å². The summed E-state index contributed by atoms with van der Waals surface area (Å²) >= 11 is 2.18. The van der Waals surface area contributed by atoms with E-state index in [-0.39, 0.29) is 40.3 Å². The molecule has 0 spiro atoms. The van der Waals surface area contributed by atoms with Gasteiger partial charge in [0.05, 0.1) is 0 Å². The summed E-state index contributed by atoms with van der Waals surface area (Å²) in [6, 6.07) is -1.12. The predicted octanol–water partition coefficient (Wildman–Crippen LogP) is -0.603. The number of nitrogens with one attached hydrogen (secondary N) is 1. The number of halogens is 1. The molecule has 1 aromatic heterocycles. The van der Waals surface area contributed by atoms with Crippen LogP contribution in [0.3, 0.4) is 0 Å². The molecule has 4 heterocycles. The molecule has 0 bridgehead atoms. The quantitative estimate of drug-likeness (QED) is 0.121. The van der Waals surface area contributed by atoms with Crippen molar-refractivity contribution in [1.82, 2.24) is 20.1 Å². The van der Waals surface area contributed by atoms with E-state index in [1.54, 1.807) is 0 Å². The van der Waals surface area contributed by atoms with Crippen LogP contribution in [0.4, 0.5) is 9.52 Å². The van der Waals surface area contributed by atoms with Crippen LogP contribution in [0, 0.1) is 0 Å². The van der Waals surface area contributed by atoms with Crippen molar-refractivity contribution in [2.75, 3.05) is 37.9 Å². The van der Waals surface area contributed by atoms with E-state index in [0.717, 1.165) is 16.2 Å². The van der Waals surface area contributed by atoms with Gasteiger partial charge < -0.3 is 31.0 Å². The number of carboxylic acids is 2. The maximum Gasteiger partial charge on any atom is 0.352 e. The highest BCUT2D eigenvalue weighted by atomic mass is 32.2. The van der Waals surface area contributed by atoms with Crippen LogP contribution >= 0.6 is 23.1 Å². The number of alkyl halides is 1. The number of hydrogen-bond acceptors (Lipinski definition) is 11. The van der Waals surface area contributed by atoms with Crippen molar-refractivity contribution in [1.29, 1.82) is 0 Å². The molecule has 0 radical (unpaired) electrons. The highest BCUT2D eigenvalue weighted by Crippen LogP contribution is 2.41. The van der Waals surface area contributed by atoms with Gasteiger partial charge in [-0.1, -0.05) is 5.16 Å². The van der Waals surface area contributed by atoms with E-state index in [2.05, 4.69) is 20.3 Å². The summed E-state index contributed by atoms with van der Waals surface area (Å²) in [7, 11) is 0. The van der Waals surface area contributed by atoms with Crippen molar-refractivity contribution in [3.63, 3.8) is 0 Å². The fraction of sp³-hybridized carbons (Fsp3) is 0.381. The number of carboxylic acid groups (broad SMARTS) is 2. The number of nitrogens with two attached hydrogens (primary N) is 1. The highest BCUT2D eigenvalue weighted by molar-refractivity contribution is 8.00. The number of allylic oxidation sites excluding steroid dienone is 1. The summed E-state index contributed by atoms with van der Waals surface area (Å²) in [5.74, 6) is -4.57. The van der Waals surface area contributed by atoms with Gasteiger partial charge in [-0.2, -0.15) is 0 Å². The lowest BCUT2D eigenvalue weighted by Gasteiger charge is -2.49. The van der Waals surface area contributed by atoms with Gasteiger partial charge >= 0.3 is 11.9 Å². The van der Waals surface area contributed by atoms with Gasteiger partial charge in [0.25, 0.3) is 11.8 Å². The first-order valence-electron chi connectivity index (χ1n) is 11.0. The number of aromatic nitrogens is 1. The summed E-state index contributed by atoms with van der Waals surface area (Å²) in [6.45, 7) is -1.25. The van der Waals surface area contributed by atoms with E-state index in [9.17, 15) is 33.5 Å². The molecule has 2 fully saturated rings. The van der Waals surface area contributed by atoms with Gasteiger partial charge in [0.2, 0.25) is 12.5 Å². The lowest BCUT2D eigenvalue weighted by Crippen LogP contribution is -2.71. The first-order chi connectivity index (χ1) is 18.1. The molecule has 0 aromatic carbocycles. The van der Waals surface area contributed by atoms with Crippen molar-refractivity contribution < 1.29 is 43.4 Å². The van der Waals surface area contributed by atoms with E-state index in [1.807, 2.05) is 0 Å². The molecule has 1 aromatic rings. The van der Waals surface area contributed by atoms with Crippen LogP contribution in [0.15, 0.2) is 33.5 Å². The number of hydrogen-bond donors (Lipinski definition) is 4. The number of amides is 3. The number of nitrogens with zero attached hydrogens (tertiary/aromatic N) is 4. The average Bonchev–Trinajstić information content (AvgIpc) is 3.45. The molecule has 3 amide bonds. The monoisotopic (exact) mass is 568 g/mol. The number of likely N-dealkylation sites (tertiary alicyclic amines) is 1. The molecular formula is C21H21FN6O8S2. The number of carbonyl (C=O) groups excluding carboxylic acids is 3. The van der Waals surface area contributed by atoms with Gasteiger partial charge in [-0.15, -0.1) is 23.1 Å². The maximum atomic E-state index is 13.0. The molecule has 202 valence electrons. The van der Waals surface area contributed by atoms with Crippen LogP contribution < -0.4 is 11.1 Å². The molecule has 0 saturated carbocycles. The fourth-order valence-electron chi connectivity index (χ4n) is 4.04. The Kier molecular flexibility index (Phi) is 7.96. The highest BCUT2D eigenvalue weighted by Gasteiger charge is 2.54. The number of aliphatic carboxylic acids is 2. The lowest BCUT2D eigenvalue weighted by atomic mass is 10.0. The van der Waals surface area contributed by atoms with Crippen LogP contribution in [0.1, 0.15) is 12.1 Å². The topological polar surface area (TPSA) is 205 Å². The van der Waals surface area contributed by atoms with E-state index in [4.69, 9.17) is 10.8 Å². The van der Waals surface area contributed by atoms with Gasteiger partial charge in [-0.05, 0) is 18.1 Å². The number of thiazole rings is 1. The summed E-state index contributed by atoms with van der Waals surface area (Å²) < 4.78 is 12.7. The van der Waals surface area contributed by atoms with E-state index in [1.165, 1.54) is 28.1 Å². The Morgan fingerprint density at radius 2 is 2.11 bits per heavy atom. The molecule has 0 unspecified atom stereocenters. The van der Waals surface area contributed by atoms with Crippen molar-refractivity contribution in [2.45, 2.75) is 17.8 Å². The Morgan fingerprint density at radius 1 is 1.34 bits per heavy atom. The van der Waals surface area contributed by atoms with Gasteiger partial charge in [0, 0.05) is 29.8 Å². The number of β-lactam (4-membered cyclic amide) rings is 1. The SMILES string of the molecule is Nc1nc(/C(=N/OCC(=O)O)C(=O)N[C@@H]2C(=O)N3C(C(=O)O)=C(/C=C4\CCN(CCF)C4=O)CS[C@H]23)cs1. The van der Waals surface area contributed by atoms with Crippen LogP contribution in [0.25, 0.3) is 0 Å². The molecule has 5 N–H and O–H groups in total. The summed E-state index contributed by atoms with van der Waals surface area (Å²) in [5.41, 5.74) is 5.46. The van der Waals surface area contributed by atoms with Crippen molar-refractivity contribution in [3.8, 4) is 0 Å². The third-order valence-electron chi connectivity index (χ3n) is 5.73. The molecule has 3 aliphatic heterocycles. The zero-order chi connectivity index (χ0) is 27.6. The van der Waals surface area contributed by atoms with E-state index >= 15 is 0 Å². The zero-order valence-electron chi connectivity index (χ0n) is 19.5. The largest absolute Gasteiger partial charge is 0.479 e. The molecule has 2 saturated heterocycles. The third kappa shape index (κ3) is 5.33. The molecule has 2 atom stereocenters. The summed E-state index contributed by atoms with van der Waals surface area (Å²) in [6.07, 6.45) is 1.76. The van der Waals surface area contributed by atoms with Crippen molar-refractivity contribution in [3.05, 3.63) is 34.0 Å². The van der Waals surface area contributed by atoms with Gasteiger partial charge in [-0.25, -0.2) is 19.0 Å². The zero-order valence-corrected chi connectivity index (χ0v) is 21.1. The summed E-state index contributed by atoms with van der Waals surface area (Å²) in [4.78, 5) is 72.2. The van der Waals surface area contributed by atoms with Crippen LogP contribution in [-0.2, 0) is 28.8 Å². The second kappa shape index (κ2) is 11.2. The Bertz CT molecular complexity index is 1290. The Balaban J connectivity index is 1.53. The van der Waals surface area contributed by atoms with Gasteiger partial charge in [0.1, 0.15) is 29.5 Å². The number of fused-ring (bicyclic) bond motifs is 1. The minimum atomic E-state index is -1.38. The van der Waals surface area contributed by atoms with Crippen LogP contribution in [0.5, 0.6) is 0 Å². The second-order valence-corrected chi connectivity index (χ2v) is 10.1. The first kappa shape index (κ1) is 27.1. The molecule has 0 aliphatic carbocycles. The fourth-order valence-corrected chi connectivity index (χ4v) is 5.90. The number of nitrogen functional groups attached to an aromatic ring is 1. The summed E-state index contributed by atoms with van der Waals surface area (Å²) in [5, 5.41) is 25.4. The number of anilines is 1. The molecular weight excluding hydrogens is 547 g/mol. The Labute approximate surface area is 222 Å². The normalized spacial score (nSPS) is 22.4. The van der Waals surface area contributed by atoms with Crippen molar-refractivity contribution in [2.24, 2.45) is 5.16 Å². The number of oxime groups is 1. The predicted molar refractivity (Wildman–Crippen MR) is 132 cm³/mol. The second-order valence-electron chi connectivity index (χ2n) is 8.12. The van der Waals surface area contributed by atoms with Gasteiger partial charge in [-0.3, -0.25) is 19.3 Å². The number of thioether (sulfide) groups is 1. The van der Waals surface area contributed by atoms with E-state index < -0.39 is 54.2 Å². The van der Waals surface area contributed by atoms with Crippen molar-refractivity contribution >= 4 is 63.6 Å². The first-order valence-corrected chi connectivity index (χ1v) is 13.0. The minimum absolute atomic E-state index is 0.00150.